The van der Waals surface area contributed by atoms with Crippen LogP contribution in [0.2, 0.25) is 0 Å². The van der Waals surface area contributed by atoms with Crippen LogP contribution >= 0.6 is 0 Å². The number of rotatable bonds is 7. The molecule has 2 aromatic carbocycles. The van der Waals surface area contributed by atoms with Gasteiger partial charge in [-0.15, -0.1) is 0 Å². The molecule has 0 spiro atoms. The number of benzene rings is 2. The molecule has 2 aromatic rings. The molecule has 0 radical (unpaired) electrons. The van der Waals surface area contributed by atoms with E-state index in [1.165, 1.54) is 0 Å². The van der Waals surface area contributed by atoms with Crippen LogP contribution in [-0.2, 0) is 4.79 Å². The van der Waals surface area contributed by atoms with Gasteiger partial charge in [-0.3, -0.25) is 9.59 Å². The van der Waals surface area contributed by atoms with Gasteiger partial charge in [0.2, 0.25) is 5.91 Å². The van der Waals surface area contributed by atoms with Crippen molar-refractivity contribution in [1.82, 2.24) is 10.6 Å². The van der Waals surface area contributed by atoms with Crippen molar-refractivity contribution in [3.8, 4) is 5.75 Å². The lowest BCUT2D eigenvalue weighted by atomic mass is 10.0. The lowest BCUT2D eigenvalue weighted by molar-refractivity contribution is -0.121. The van der Waals surface area contributed by atoms with Gasteiger partial charge in [0.1, 0.15) is 5.75 Å². The summed E-state index contributed by atoms with van der Waals surface area (Å²) in [5.74, 6) is 0.836. The van der Waals surface area contributed by atoms with Crippen LogP contribution in [0.25, 0.3) is 0 Å². The number of aryl methyl sites for hydroxylation is 2. The van der Waals surface area contributed by atoms with E-state index in [4.69, 9.17) is 4.74 Å². The second-order valence-corrected chi connectivity index (χ2v) is 7.21. The third-order valence-electron chi connectivity index (χ3n) is 4.78. The summed E-state index contributed by atoms with van der Waals surface area (Å²) < 4.78 is 5.19. The molecule has 5 heteroatoms. The number of nitrogens with one attached hydrogen (secondary N) is 2. The Morgan fingerprint density at radius 1 is 1.07 bits per heavy atom. The fourth-order valence-corrected chi connectivity index (χ4v) is 3.31. The first-order chi connectivity index (χ1) is 13.0. The van der Waals surface area contributed by atoms with Gasteiger partial charge < -0.3 is 15.4 Å². The highest BCUT2D eigenvalue weighted by Crippen LogP contribution is 2.41. The molecule has 27 heavy (non-hydrogen) atoms. The fraction of sp³-hybridized carbons (Fsp3) is 0.364. The van der Waals surface area contributed by atoms with Crippen LogP contribution < -0.4 is 15.4 Å². The van der Waals surface area contributed by atoms with Gasteiger partial charge in [-0.25, -0.2) is 0 Å². The summed E-state index contributed by atoms with van der Waals surface area (Å²) in [6, 6.07) is 13.4. The molecule has 0 bridgehead atoms. The van der Waals surface area contributed by atoms with Crippen LogP contribution in [0, 0.1) is 19.8 Å². The minimum Gasteiger partial charge on any atom is -0.497 e. The van der Waals surface area contributed by atoms with E-state index in [-0.39, 0.29) is 24.4 Å². The summed E-state index contributed by atoms with van der Waals surface area (Å²) in [4.78, 5) is 24.7. The maximum Gasteiger partial charge on any atom is 0.251 e. The predicted molar refractivity (Wildman–Crippen MR) is 105 cm³/mol. The summed E-state index contributed by atoms with van der Waals surface area (Å²) in [6.45, 7) is 3.86. The molecule has 3 rings (SSSR count). The Morgan fingerprint density at radius 3 is 2.26 bits per heavy atom. The Balaban J connectivity index is 1.58. The summed E-state index contributed by atoms with van der Waals surface area (Å²) in [6.07, 6.45) is 2.21. The van der Waals surface area contributed by atoms with E-state index < -0.39 is 0 Å². The maximum absolute atomic E-state index is 12.4. The van der Waals surface area contributed by atoms with Gasteiger partial charge >= 0.3 is 0 Å². The standard InChI is InChI=1S/C22H26N2O3/c1-14-10-15(2)12-18(11-14)22(26)23-13-20(25)24-21(16-4-5-16)17-6-8-19(27-3)9-7-17/h6-12,16,21H,4-5,13H2,1-3H3,(H,23,26)(H,24,25). The van der Waals surface area contributed by atoms with E-state index in [2.05, 4.69) is 10.6 Å². The summed E-state index contributed by atoms with van der Waals surface area (Å²) in [7, 11) is 1.63. The van der Waals surface area contributed by atoms with Gasteiger partial charge in [0.25, 0.3) is 5.91 Å². The molecule has 0 saturated heterocycles. The van der Waals surface area contributed by atoms with E-state index in [1.54, 1.807) is 7.11 Å². The van der Waals surface area contributed by atoms with Crippen molar-refractivity contribution in [2.24, 2.45) is 5.92 Å². The quantitative estimate of drug-likeness (QED) is 0.790. The molecule has 1 aliphatic carbocycles. The van der Waals surface area contributed by atoms with E-state index in [0.29, 0.717) is 11.5 Å². The van der Waals surface area contributed by atoms with E-state index in [0.717, 1.165) is 35.3 Å². The highest BCUT2D eigenvalue weighted by atomic mass is 16.5. The third-order valence-corrected chi connectivity index (χ3v) is 4.78. The molecule has 0 aromatic heterocycles. The van der Waals surface area contributed by atoms with E-state index >= 15 is 0 Å². The molecule has 0 aliphatic heterocycles. The van der Waals surface area contributed by atoms with Crippen molar-refractivity contribution < 1.29 is 14.3 Å². The zero-order valence-corrected chi connectivity index (χ0v) is 16.0. The summed E-state index contributed by atoms with van der Waals surface area (Å²) >= 11 is 0. The summed E-state index contributed by atoms with van der Waals surface area (Å²) in [5.41, 5.74) is 3.69. The molecule has 1 atom stereocenters. The van der Waals surface area contributed by atoms with Gasteiger partial charge in [0, 0.05) is 5.56 Å². The number of amides is 2. The zero-order valence-electron chi connectivity index (χ0n) is 16.0. The third kappa shape index (κ3) is 5.09. The van der Waals surface area contributed by atoms with Crippen molar-refractivity contribution in [3.05, 3.63) is 64.7 Å². The fourth-order valence-electron chi connectivity index (χ4n) is 3.31. The second kappa shape index (κ2) is 8.25. The van der Waals surface area contributed by atoms with Gasteiger partial charge in [-0.1, -0.05) is 29.3 Å². The molecule has 0 heterocycles. The van der Waals surface area contributed by atoms with Gasteiger partial charge in [0.15, 0.2) is 0 Å². The zero-order chi connectivity index (χ0) is 19.4. The Bertz CT molecular complexity index is 806. The Kier molecular flexibility index (Phi) is 5.79. The highest BCUT2D eigenvalue weighted by Gasteiger charge is 2.33. The SMILES string of the molecule is COc1ccc(C(NC(=O)CNC(=O)c2cc(C)cc(C)c2)C2CC2)cc1. The van der Waals surface area contributed by atoms with Crippen LogP contribution in [0.4, 0.5) is 0 Å². The van der Waals surface area contributed by atoms with Crippen LogP contribution in [-0.4, -0.2) is 25.5 Å². The van der Waals surface area contributed by atoms with E-state index in [1.807, 2.05) is 56.3 Å². The Morgan fingerprint density at radius 2 is 1.70 bits per heavy atom. The van der Waals surface area contributed by atoms with Gasteiger partial charge in [0.05, 0.1) is 19.7 Å². The average molecular weight is 366 g/mol. The number of carbonyl (C=O) groups is 2. The minimum absolute atomic E-state index is 0.0264. The predicted octanol–water partition coefficient (Wildman–Crippen LogP) is 3.31. The highest BCUT2D eigenvalue weighted by molar-refractivity contribution is 5.96. The van der Waals surface area contributed by atoms with Crippen molar-refractivity contribution in [2.75, 3.05) is 13.7 Å². The molecule has 1 aliphatic rings. The minimum atomic E-state index is -0.232. The number of hydrogen-bond donors (Lipinski definition) is 2. The lowest BCUT2D eigenvalue weighted by Gasteiger charge is -2.19. The van der Waals surface area contributed by atoms with Crippen LogP contribution in [0.3, 0.4) is 0 Å². The van der Waals surface area contributed by atoms with Crippen LogP contribution in [0.15, 0.2) is 42.5 Å². The topological polar surface area (TPSA) is 67.4 Å². The normalized spacial score (nSPS) is 14.3. The average Bonchev–Trinajstić information content (AvgIpc) is 3.48. The molecule has 2 amide bonds. The largest absolute Gasteiger partial charge is 0.497 e. The van der Waals surface area contributed by atoms with Crippen molar-refractivity contribution in [3.63, 3.8) is 0 Å². The molecule has 1 unspecified atom stereocenters. The molecule has 1 saturated carbocycles. The van der Waals surface area contributed by atoms with Crippen LogP contribution in [0.1, 0.15) is 45.9 Å². The molecule has 1 fully saturated rings. The number of methoxy groups -OCH3 is 1. The Labute approximate surface area is 160 Å². The smallest absolute Gasteiger partial charge is 0.251 e. The lowest BCUT2D eigenvalue weighted by Crippen LogP contribution is -2.39. The molecule has 2 N–H and O–H groups in total. The first-order valence-electron chi connectivity index (χ1n) is 9.26. The van der Waals surface area contributed by atoms with Crippen LogP contribution in [0.5, 0.6) is 5.75 Å². The first-order valence-corrected chi connectivity index (χ1v) is 9.26. The van der Waals surface area contributed by atoms with Crippen molar-refractivity contribution >= 4 is 11.8 Å². The van der Waals surface area contributed by atoms with Gasteiger partial charge in [-0.2, -0.15) is 0 Å². The molecular formula is C22H26N2O3. The van der Waals surface area contributed by atoms with E-state index in [9.17, 15) is 9.59 Å². The Hall–Kier alpha value is -2.82. The molecule has 142 valence electrons. The van der Waals surface area contributed by atoms with Crippen molar-refractivity contribution in [1.29, 1.82) is 0 Å². The second-order valence-electron chi connectivity index (χ2n) is 7.21. The van der Waals surface area contributed by atoms with Gasteiger partial charge in [-0.05, 0) is 62.4 Å². The molecular weight excluding hydrogens is 340 g/mol. The number of ether oxygens (including phenoxy) is 1. The van der Waals surface area contributed by atoms with Crippen molar-refractivity contribution in [2.45, 2.75) is 32.7 Å². The number of hydrogen-bond acceptors (Lipinski definition) is 3. The number of carbonyl (C=O) groups excluding carboxylic acids is 2. The monoisotopic (exact) mass is 366 g/mol. The molecule has 5 nitrogen and oxygen atoms in total. The summed E-state index contributed by atoms with van der Waals surface area (Å²) in [5, 5.41) is 5.78. The first kappa shape index (κ1) is 19.0. The maximum atomic E-state index is 12.4.